The standard InChI is InChI=1S/C20H24N4O2.HI/c1-12-4-2-5-15(10-12)23-20(21)22-8-3-9-24-18(25)16-13-6-7-14(11-13)17(16)19(24)26;/h2,4-7,10,13-14,16-17H,3,8-9,11H2,1H3,(H3,21,22,23);1H. The van der Waals surface area contributed by atoms with Crippen molar-refractivity contribution in [1.82, 2.24) is 4.90 Å². The molecule has 1 aromatic rings. The van der Waals surface area contributed by atoms with Gasteiger partial charge in [-0.3, -0.25) is 19.5 Å². The van der Waals surface area contributed by atoms with Crippen molar-refractivity contribution in [3.63, 3.8) is 0 Å². The number of aliphatic imine (C=N–C) groups is 1. The molecule has 1 aromatic carbocycles. The van der Waals surface area contributed by atoms with Crippen LogP contribution in [0.1, 0.15) is 18.4 Å². The number of imide groups is 1. The number of nitrogens with zero attached hydrogens (tertiary/aromatic N) is 2. The van der Waals surface area contributed by atoms with Crippen LogP contribution in [0.4, 0.5) is 5.69 Å². The minimum Gasteiger partial charge on any atom is -0.370 e. The van der Waals surface area contributed by atoms with Crippen molar-refractivity contribution in [2.24, 2.45) is 34.4 Å². The van der Waals surface area contributed by atoms with Crippen molar-refractivity contribution in [2.75, 3.05) is 18.4 Å². The Bertz CT molecular complexity index is 777. The number of anilines is 1. The largest absolute Gasteiger partial charge is 0.370 e. The van der Waals surface area contributed by atoms with E-state index in [9.17, 15) is 9.59 Å². The molecule has 2 amide bonds. The molecule has 0 spiro atoms. The molecular formula is C20H25IN4O2. The van der Waals surface area contributed by atoms with Gasteiger partial charge in [-0.2, -0.15) is 0 Å². The number of carbonyl (C=O) groups excluding carboxylic acids is 2. The van der Waals surface area contributed by atoms with Crippen LogP contribution in [0.25, 0.3) is 0 Å². The molecule has 1 heterocycles. The van der Waals surface area contributed by atoms with Crippen LogP contribution in [0.3, 0.4) is 0 Å². The SMILES string of the molecule is Cc1cccc(NC(N)=NCCCN2C(=O)C3C4C=CC(C4)C3C2=O)c1.I. The van der Waals surface area contributed by atoms with Crippen molar-refractivity contribution < 1.29 is 9.59 Å². The molecule has 4 rings (SSSR count). The van der Waals surface area contributed by atoms with E-state index in [1.165, 1.54) is 4.90 Å². The van der Waals surface area contributed by atoms with E-state index in [2.05, 4.69) is 22.5 Å². The maximum Gasteiger partial charge on any atom is 0.233 e. The van der Waals surface area contributed by atoms with Crippen LogP contribution < -0.4 is 11.1 Å². The van der Waals surface area contributed by atoms with Crippen LogP contribution >= 0.6 is 24.0 Å². The van der Waals surface area contributed by atoms with Gasteiger partial charge in [0.1, 0.15) is 0 Å². The normalized spacial score (nSPS) is 28.5. The molecule has 0 aromatic heterocycles. The van der Waals surface area contributed by atoms with Crippen molar-refractivity contribution in [3.05, 3.63) is 42.0 Å². The Morgan fingerprint density at radius 2 is 1.89 bits per heavy atom. The van der Waals surface area contributed by atoms with E-state index in [0.717, 1.165) is 17.7 Å². The molecule has 2 aliphatic carbocycles. The summed E-state index contributed by atoms with van der Waals surface area (Å²) in [6, 6.07) is 7.89. The number of aryl methyl sites for hydroxylation is 1. The van der Waals surface area contributed by atoms with Gasteiger partial charge in [-0.05, 0) is 49.3 Å². The van der Waals surface area contributed by atoms with Gasteiger partial charge in [-0.1, -0.05) is 24.3 Å². The molecule has 4 atom stereocenters. The molecule has 3 aliphatic rings. The minimum atomic E-state index is -0.117. The number of hydrogen-bond donors (Lipinski definition) is 2. The summed E-state index contributed by atoms with van der Waals surface area (Å²) < 4.78 is 0. The molecule has 6 nitrogen and oxygen atoms in total. The van der Waals surface area contributed by atoms with Crippen molar-refractivity contribution in [1.29, 1.82) is 0 Å². The summed E-state index contributed by atoms with van der Waals surface area (Å²) in [6.45, 7) is 2.91. The van der Waals surface area contributed by atoms with Crippen LogP contribution in [-0.2, 0) is 9.59 Å². The summed E-state index contributed by atoms with van der Waals surface area (Å²) in [5, 5.41) is 3.05. The molecule has 0 radical (unpaired) electrons. The van der Waals surface area contributed by atoms with Crippen LogP contribution in [0.2, 0.25) is 0 Å². The van der Waals surface area contributed by atoms with Gasteiger partial charge in [-0.25, -0.2) is 0 Å². The van der Waals surface area contributed by atoms with E-state index in [4.69, 9.17) is 5.73 Å². The minimum absolute atomic E-state index is 0. The first-order chi connectivity index (χ1) is 12.5. The zero-order valence-corrected chi connectivity index (χ0v) is 17.6. The summed E-state index contributed by atoms with van der Waals surface area (Å²) in [5.41, 5.74) is 7.94. The van der Waals surface area contributed by atoms with Crippen LogP contribution in [0.5, 0.6) is 0 Å². The van der Waals surface area contributed by atoms with E-state index >= 15 is 0 Å². The first kappa shape index (κ1) is 19.9. The zero-order chi connectivity index (χ0) is 18.3. The number of halogens is 1. The first-order valence-corrected chi connectivity index (χ1v) is 9.22. The number of guanidine groups is 1. The van der Waals surface area contributed by atoms with Crippen molar-refractivity contribution in [2.45, 2.75) is 19.8 Å². The maximum absolute atomic E-state index is 12.6. The van der Waals surface area contributed by atoms with Crippen molar-refractivity contribution >= 4 is 47.4 Å². The molecule has 2 fully saturated rings. The molecule has 1 aliphatic heterocycles. The lowest BCUT2D eigenvalue weighted by Gasteiger charge is -2.16. The molecule has 2 bridgehead atoms. The Balaban J connectivity index is 0.00000210. The number of nitrogens with two attached hydrogens (primary N) is 1. The summed E-state index contributed by atoms with van der Waals surface area (Å²) in [7, 11) is 0. The Morgan fingerprint density at radius 3 is 2.52 bits per heavy atom. The molecule has 4 unspecified atom stereocenters. The van der Waals surface area contributed by atoms with E-state index in [1.807, 2.05) is 31.2 Å². The van der Waals surface area contributed by atoms with Gasteiger partial charge < -0.3 is 11.1 Å². The fourth-order valence-electron chi connectivity index (χ4n) is 4.52. The fraction of sp³-hybridized carbons (Fsp3) is 0.450. The quantitative estimate of drug-likeness (QED) is 0.169. The Hall–Kier alpha value is -1.90. The molecule has 7 heteroatoms. The highest BCUT2D eigenvalue weighted by Crippen LogP contribution is 2.52. The second-order valence-corrected chi connectivity index (χ2v) is 7.44. The van der Waals surface area contributed by atoms with Crippen LogP contribution in [-0.4, -0.2) is 35.8 Å². The van der Waals surface area contributed by atoms with E-state index in [0.29, 0.717) is 25.5 Å². The third-order valence-corrected chi connectivity index (χ3v) is 5.67. The third-order valence-electron chi connectivity index (χ3n) is 5.67. The van der Waals surface area contributed by atoms with Gasteiger partial charge in [0.05, 0.1) is 11.8 Å². The lowest BCUT2D eigenvalue weighted by Crippen LogP contribution is -2.34. The Labute approximate surface area is 176 Å². The molecule has 1 saturated heterocycles. The number of carbonyl (C=O) groups is 2. The first-order valence-electron chi connectivity index (χ1n) is 9.22. The molecular weight excluding hydrogens is 455 g/mol. The monoisotopic (exact) mass is 480 g/mol. The molecule has 1 saturated carbocycles. The van der Waals surface area contributed by atoms with Gasteiger partial charge >= 0.3 is 0 Å². The number of nitrogens with one attached hydrogen (secondary N) is 1. The number of rotatable bonds is 5. The highest BCUT2D eigenvalue weighted by atomic mass is 127. The third kappa shape index (κ3) is 3.74. The van der Waals surface area contributed by atoms with Crippen molar-refractivity contribution in [3.8, 4) is 0 Å². The predicted octanol–water partition coefficient (Wildman–Crippen LogP) is 2.54. The average Bonchev–Trinajstić information content (AvgIpc) is 3.27. The van der Waals surface area contributed by atoms with Gasteiger partial charge in [0.25, 0.3) is 0 Å². The predicted molar refractivity (Wildman–Crippen MR) is 116 cm³/mol. The van der Waals surface area contributed by atoms with E-state index in [1.54, 1.807) is 0 Å². The van der Waals surface area contributed by atoms with E-state index in [-0.39, 0.29) is 59.5 Å². The van der Waals surface area contributed by atoms with Gasteiger partial charge in [0.15, 0.2) is 5.96 Å². The lowest BCUT2D eigenvalue weighted by molar-refractivity contribution is -0.140. The fourth-order valence-corrected chi connectivity index (χ4v) is 4.52. The number of allylic oxidation sites excluding steroid dienone is 2. The summed E-state index contributed by atoms with van der Waals surface area (Å²) in [6.07, 6.45) is 5.81. The number of likely N-dealkylation sites (tertiary alicyclic amines) is 1. The number of hydrogen-bond acceptors (Lipinski definition) is 3. The summed E-state index contributed by atoms with van der Waals surface area (Å²) in [5.74, 6) is 0.646. The second kappa shape index (κ2) is 8.00. The Kier molecular flexibility index (Phi) is 5.88. The van der Waals surface area contributed by atoms with Gasteiger partial charge in [0.2, 0.25) is 11.8 Å². The highest BCUT2D eigenvalue weighted by Gasteiger charge is 2.58. The average molecular weight is 480 g/mol. The molecule has 27 heavy (non-hydrogen) atoms. The topological polar surface area (TPSA) is 87.8 Å². The Morgan fingerprint density at radius 1 is 1.22 bits per heavy atom. The zero-order valence-electron chi connectivity index (χ0n) is 15.3. The smallest absolute Gasteiger partial charge is 0.233 e. The maximum atomic E-state index is 12.6. The van der Waals surface area contributed by atoms with Crippen LogP contribution in [0, 0.1) is 30.6 Å². The second-order valence-electron chi connectivity index (χ2n) is 7.44. The highest BCUT2D eigenvalue weighted by molar-refractivity contribution is 14.0. The number of benzene rings is 1. The number of fused-ring (bicyclic) bond motifs is 5. The van der Waals surface area contributed by atoms with Crippen LogP contribution in [0.15, 0.2) is 41.4 Å². The summed E-state index contributed by atoms with van der Waals surface area (Å²) >= 11 is 0. The van der Waals surface area contributed by atoms with Gasteiger partial charge in [-0.15, -0.1) is 24.0 Å². The van der Waals surface area contributed by atoms with Gasteiger partial charge in [0, 0.05) is 18.8 Å². The number of amides is 2. The lowest BCUT2D eigenvalue weighted by atomic mass is 9.85. The van der Waals surface area contributed by atoms with E-state index < -0.39 is 0 Å². The molecule has 144 valence electrons. The molecule has 3 N–H and O–H groups in total. The summed E-state index contributed by atoms with van der Waals surface area (Å²) in [4.78, 5) is 30.9.